The Balaban J connectivity index is 3.82. The molecule has 92 valence electrons. The average Bonchev–Trinajstić information content (AvgIpc) is 2.25. The molecule has 0 saturated carbocycles. The molecular weight excluding hydrogens is 188 g/mol. The van der Waals surface area contributed by atoms with Gasteiger partial charge in [0, 0.05) is 13.1 Å². The average molecular weight is 216 g/mol. The summed E-state index contributed by atoms with van der Waals surface area (Å²) >= 11 is 0. The molecule has 15 heavy (non-hydrogen) atoms. The van der Waals surface area contributed by atoms with E-state index < -0.39 is 0 Å². The van der Waals surface area contributed by atoms with Crippen LogP contribution in [0.3, 0.4) is 0 Å². The van der Waals surface area contributed by atoms with Crippen molar-refractivity contribution in [3.05, 3.63) is 0 Å². The molecule has 0 amide bonds. The molecule has 0 aromatic heterocycles. The fourth-order valence-corrected chi connectivity index (χ4v) is 1.62. The highest BCUT2D eigenvalue weighted by Gasteiger charge is 2.10. The van der Waals surface area contributed by atoms with Gasteiger partial charge in [-0.2, -0.15) is 0 Å². The van der Waals surface area contributed by atoms with E-state index in [1.54, 1.807) is 0 Å². The van der Waals surface area contributed by atoms with Crippen molar-refractivity contribution >= 4 is 0 Å². The molecule has 0 bridgehead atoms. The Kier molecular flexibility index (Phi) is 9.00. The number of rotatable bonds is 9. The number of hydrazine groups is 1. The summed E-state index contributed by atoms with van der Waals surface area (Å²) in [6.45, 7) is 10.7. The molecule has 0 aromatic rings. The van der Waals surface area contributed by atoms with Crippen LogP contribution in [0, 0.1) is 0 Å². The molecule has 0 aliphatic rings. The molecule has 3 N–H and O–H groups in total. The van der Waals surface area contributed by atoms with Crippen LogP contribution in [-0.4, -0.2) is 37.5 Å². The van der Waals surface area contributed by atoms with Gasteiger partial charge in [-0.3, -0.25) is 5.32 Å². The van der Waals surface area contributed by atoms with E-state index in [9.17, 15) is 0 Å². The molecule has 4 heteroatoms. The molecule has 0 saturated heterocycles. The summed E-state index contributed by atoms with van der Waals surface area (Å²) in [6, 6.07) is 0. The third-order valence-electron chi connectivity index (χ3n) is 2.52. The minimum atomic E-state index is 0.300. The number of hydrogen-bond donors (Lipinski definition) is 3. The van der Waals surface area contributed by atoms with Crippen LogP contribution in [0.4, 0.5) is 0 Å². The van der Waals surface area contributed by atoms with Gasteiger partial charge in [-0.1, -0.05) is 27.2 Å². The van der Waals surface area contributed by atoms with E-state index in [2.05, 4.69) is 48.8 Å². The first-order chi connectivity index (χ1) is 7.17. The lowest BCUT2D eigenvalue weighted by atomic mass is 10.2. The lowest BCUT2D eigenvalue weighted by Gasteiger charge is -2.28. The Morgan fingerprint density at radius 2 is 1.73 bits per heavy atom. The summed E-state index contributed by atoms with van der Waals surface area (Å²) in [5, 5.41) is 8.98. The molecule has 2 atom stereocenters. The highest BCUT2D eigenvalue weighted by molar-refractivity contribution is 4.65. The lowest BCUT2D eigenvalue weighted by Crippen LogP contribution is -2.55. The van der Waals surface area contributed by atoms with E-state index in [-0.39, 0.29) is 0 Å². The minimum absolute atomic E-state index is 0.300. The standard InChI is InChI=1S/C11H28N4/c1-6-9-11(12-5)13-10(4)14-15(7-2)8-3/h10-14H,6-9H2,1-5H3/t10?,11-/m0/s1. The van der Waals surface area contributed by atoms with Crippen LogP contribution in [0.5, 0.6) is 0 Å². The SMILES string of the molecule is CCC[C@@H](NC)NC(C)NN(CC)CC. The smallest absolute Gasteiger partial charge is 0.0689 e. The van der Waals surface area contributed by atoms with Gasteiger partial charge in [0.15, 0.2) is 0 Å². The molecular formula is C11H28N4. The first-order valence-corrected chi connectivity index (χ1v) is 6.12. The molecule has 0 radical (unpaired) electrons. The third-order valence-corrected chi connectivity index (χ3v) is 2.52. The van der Waals surface area contributed by atoms with Crippen molar-refractivity contribution in [3.8, 4) is 0 Å². The molecule has 0 fully saturated rings. The highest BCUT2D eigenvalue weighted by atomic mass is 15.5. The van der Waals surface area contributed by atoms with Gasteiger partial charge in [-0.15, -0.1) is 0 Å². The highest BCUT2D eigenvalue weighted by Crippen LogP contribution is 1.94. The Hall–Kier alpha value is -0.160. The summed E-state index contributed by atoms with van der Waals surface area (Å²) in [7, 11) is 2.00. The predicted octanol–water partition coefficient (Wildman–Crippen LogP) is 1.11. The second-order valence-corrected chi connectivity index (χ2v) is 3.82. The first-order valence-electron chi connectivity index (χ1n) is 6.12. The van der Waals surface area contributed by atoms with Gasteiger partial charge in [-0.25, -0.2) is 10.4 Å². The van der Waals surface area contributed by atoms with Gasteiger partial charge in [0.2, 0.25) is 0 Å². The van der Waals surface area contributed by atoms with Crippen LogP contribution in [-0.2, 0) is 0 Å². The second kappa shape index (κ2) is 9.09. The van der Waals surface area contributed by atoms with Crippen LogP contribution in [0.15, 0.2) is 0 Å². The Morgan fingerprint density at radius 3 is 2.13 bits per heavy atom. The Labute approximate surface area is 94.8 Å². The summed E-state index contributed by atoms with van der Waals surface area (Å²) in [5.74, 6) is 0. The molecule has 0 aromatic carbocycles. The fourth-order valence-electron chi connectivity index (χ4n) is 1.62. The van der Waals surface area contributed by atoms with Crippen LogP contribution < -0.4 is 16.1 Å². The van der Waals surface area contributed by atoms with Crippen molar-refractivity contribution in [1.82, 2.24) is 21.1 Å². The summed E-state index contributed by atoms with van der Waals surface area (Å²) < 4.78 is 0. The minimum Gasteiger partial charge on any atom is -0.305 e. The van der Waals surface area contributed by atoms with Gasteiger partial charge in [0.05, 0.1) is 12.3 Å². The normalized spacial score (nSPS) is 15.6. The van der Waals surface area contributed by atoms with Crippen molar-refractivity contribution in [2.24, 2.45) is 0 Å². The van der Waals surface area contributed by atoms with Crippen LogP contribution >= 0.6 is 0 Å². The molecule has 0 rings (SSSR count). The van der Waals surface area contributed by atoms with Gasteiger partial charge in [-0.05, 0) is 20.4 Å². The van der Waals surface area contributed by atoms with Crippen LogP contribution in [0.1, 0.15) is 40.5 Å². The molecule has 0 spiro atoms. The molecule has 4 nitrogen and oxygen atoms in total. The molecule has 1 unspecified atom stereocenters. The Morgan fingerprint density at radius 1 is 1.13 bits per heavy atom. The third kappa shape index (κ3) is 6.84. The maximum Gasteiger partial charge on any atom is 0.0689 e. The maximum absolute atomic E-state index is 3.50. The molecule has 0 aliphatic carbocycles. The largest absolute Gasteiger partial charge is 0.305 e. The van der Waals surface area contributed by atoms with E-state index in [4.69, 9.17) is 0 Å². The van der Waals surface area contributed by atoms with Gasteiger partial charge < -0.3 is 5.32 Å². The number of nitrogens with zero attached hydrogens (tertiary/aromatic N) is 1. The lowest BCUT2D eigenvalue weighted by molar-refractivity contribution is 0.153. The van der Waals surface area contributed by atoms with Crippen molar-refractivity contribution in [2.45, 2.75) is 52.9 Å². The van der Waals surface area contributed by atoms with Crippen molar-refractivity contribution < 1.29 is 0 Å². The molecule has 0 aliphatic heterocycles. The summed E-state index contributed by atoms with van der Waals surface area (Å²) in [5.41, 5.74) is 3.42. The van der Waals surface area contributed by atoms with E-state index in [1.807, 2.05) is 7.05 Å². The predicted molar refractivity (Wildman–Crippen MR) is 66.4 cm³/mol. The van der Waals surface area contributed by atoms with E-state index >= 15 is 0 Å². The van der Waals surface area contributed by atoms with E-state index in [0.717, 1.165) is 19.5 Å². The maximum atomic E-state index is 3.50. The Bertz CT molecular complexity index is 137. The zero-order valence-corrected chi connectivity index (χ0v) is 10.9. The monoisotopic (exact) mass is 216 g/mol. The van der Waals surface area contributed by atoms with Crippen molar-refractivity contribution in [1.29, 1.82) is 0 Å². The number of nitrogens with one attached hydrogen (secondary N) is 3. The van der Waals surface area contributed by atoms with Gasteiger partial charge >= 0.3 is 0 Å². The zero-order valence-electron chi connectivity index (χ0n) is 10.9. The fraction of sp³-hybridized carbons (Fsp3) is 1.00. The topological polar surface area (TPSA) is 39.3 Å². The van der Waals surface area contributed by atoms with Crippen molar-refractivity contribution in [2.75, 3.05) is 20.1 Å². The van der Waals surface area contributed by atoms with Gasteiger partial charge in [0.1, 0.15) is 0 Å². The van der Waals surface area contributed by atoms with E-state index in [1.165, 1.54) is 6.42 Å². The number of hydrogen-bond acceptors (Lipinski definition) is 4. The van der Waals surface area contributed by atoms with Crippen LogP contribution in [0.25, 0.3) is 0 Å². The van der Waals surface area contributed by atoms with E-state index in [0.29, 0.717) is 12.3 Å². The molecule has 0 heterocycles. The second-order valence-electron chi connectivity index (χ2n) is 3.82. The quantitative estimate of drug-likeness (QED) is 0.399. The van der Waals surface area contributed by atoms with Gasteiger partial charge in [0.25, 0.3) is 0 Å². The zero-order chi connectivity index (χ0) is 11.7. The van der Waals surface area contributed by atoms with Crippen molar-refractivity contribution in [3.63, 3.8) is 0 Å². The first kappa shape index (κ1) is 14.8. The summed E-state index contributed by atoms with van der Waals surface area (Å²) in [4.78, 5) is 0. The van der Waals surface area contributed by atoms with Crippen LogP contribution in [0.2, 0.25) is 0 Å². The summed E-state index contributed by atoms with van der Waals surface area (Å²) in [6.07, 6.45) is 3.04.